The van der Waals surface area contributed by atoms with E-state index >= 15 is 0 Å². The summed E-state index contributed by atoms with van der Waals surface area (Å²) in [6, 6.07) is 7.46. The molecule has 3 rings (SSSR count). The van der Waals surface area contributed by atoms with Crippen molar-refractivity contribution in [3.05, 3.63) is 35.9 Å². The number of likely N-dealkylation sites (tertiary alicyclic amines) is 2. The summed E-state index contributed by atoms with van der Waals surface area (Å²) in [4.78, 5) is 57.3. The Morgan fingerprint density at radius 3 is 1.75 bits per heavy atom. The smallest absolute Gasteiger partial charge is 0.407 e. The van der Waals surface area contributed by atoms with E-state index in [0.717, 1.165) is 5.56 Å². The maximum Gasteiger partial charge on any atom is 0.407 e. The summed E-state index contributed by atoms with van der Waals surface area (Å²) in [6.45, 7) is 25.4. The van der Waals surface area contributed by atoms with Crippen LogP contribution in [-0.2, 0) is 39.3 Å². The van der Waals surface area contributed by atoms with Crippen molar-refractivity contribution in [1.82, 2.24) is 15.1 Å². The molecule has 0 radical (unpaired) electrons. The summed E-state index contributed by atoms with van der Waals surface area (Å²) in [5.74, 6) is -2.01. The number of carbonyl (C=O) groups excluding carboxylic acids is 4. The normalized spacial score (nSPS) is 25.2. The van der Waals surface area contributed by atoms with Gasteiger partial charge in [0.2, 0.25) is 11.8 Å². The lowest BCUT2D eigenvalue weighted by Gasteiger charge is -2.39. The Morgan fingerprint density at radius 1 is 0.792 bits per heavy atom. The Hall–Kier alpha value is -2.75. The van der Waals surface area contributed by atoms with E-state index in [1.54, 1.807) is 4.90 Å². The number of alkyl carbamates (subject to hydrolysis) is 1. The number of hydrogen-bond acceptors (Lipinski definition) is 8. The lowest BCUT2D eigenvalue weighted by atomic mass is 9.97. The fraction of sp³-hybridized carbons (Fsp3) is 0.714. The third-order valence-corrected chi connectivity index (χ3v) is 20.0. The number of methoxy groups -OCH3 is 1. The van der Waals surface area contributed by atoms with Gasteiger partial charge >= 0.3 is 12.1 Å². The van der Waals surface area contributed by atoms with E-state index in [-0.39, 0.29) is 60.2 Å². The Labute approximate surface area is 289 Å². The molecule has 3 amide bonds. The summed E-state index contributed by atoms with van der Waals surface area (Å²) in [5, 5.41) is 2.39. The van der Waals surface area contributed by atoms with Gasteiger partial charge in [-0.3, -0.25) is 9.59 Å². The quantitative estimate of drug-likeness (QED) is 0.248. The summed E-state index contributed by atoms with van der Waals surface area (Å²) >= 11 is 0. The SMILES string of the molecule is COC(=O)[C@@H]1[C@@H](C)[C@@H](O[Si](C)(C)C(C)(C)C)CN1C(=O)[C@@H]1[C@@H](C)[C@@H](O[Si](C)(C)C(C)(C)C)CN1C(=O)CNC(=O)OCc1ccccc1. The van der Waals surface area contributed by atoms with E-state index in [9.17, 15) is 19.2 Å². The number of amides is 3. The van der Waals surface area contributed by atoms with Gasteiger partial charge in [0.15, 0.2) is 16.6 Å². The van der Waals surface area contributed by atoms with Crippen molar-refractivity contribution in [3.63, 3.8) is 0 Å². The first kappa shape index (κ1) is 39.7. The first-order chi connectivity index (χ1) is 22.0. The van der Waals surface area contributed by atoms with Crippen LogP contribution in [-0.4, -0.2) is 101 Å². The third-order valence-electron chi connectivity index (χ3n) is 11.0. The summed E-state index contributed by atoms with van der Waals surface area (Å²) in [5.41, 5.74) is 0.819. The van der Waals surface area contributed by atoms with Crippen LogP contribution in [0.1, 0.15) is 61.0 Å². The second-order valence-corrected chi connectivity index (χ2v) is 25.9. The van der Waals surface area contributed by atoms with Crippen LogP contribution in [0.4, 0.5) is 4.79 Å². The Balaban J connectivity index is 1.89. The van der Waals surface area contributed by atoms with Crippen LogP contribution in [0.3, 0.4) is 0 Å². The minimum atomic E-state index is -2.30. The van der Waals surface area contributed by atoms with Gasteiger partial charge in [0.1, 0.15) is 25.2 Å². The molecule has 0 aromatic heterocycles. The van der Waals surface area contributed by atoms with Crippen LogP contribution in [0, 0.1) is 11.8 Å². The van der Waals surface area contributed by atoms with Gasteiger partial charge in [-0.15, -0.1) is 0 Å². The van der Waals surface area contributed by atoms with Crippen molar-refractivity contribution in [1.29, 1.82) is 0 Å². The molecule has 48 heavy (non-hydrogen) atoms. The summed E-state index contributed by atoms with van der Waals surface area (Å²) in [7, 11) is -3.23. The molecule has 2 aliphatic heterocycles. The number of esters is 1. The van der Waals surface area contributed by atoms with Gasteiger partial charge in [0.05, 0.1) is 19.3 Å². The topological polar surface area (TPSA) is 124 Å². The Bertz CT molecular complexity index is 1310. The van der Waals surface area contributed by atoms with Crippen LogP contribution in [0.5, 0.6) is 0 Å². The van der Waals surface area contributed by atoms with Crippen molar-refractivity contribution in [3.8, 4) is 0 Å². The predicted molar refractivity (Wildman–Crippen MR) is 190 cm³/mol. The Morgan fingerprint density at radius 2 is 1.27 bits per heavy atom. The highest BCUT2D eigenvalue weighted by Gasteiger charge is 2.55. The fourth-order valence-electron chi connectivity index (χ4n) is 5.82. The highest BCUT2D eigenvalue weighted by molar-refractivity contribution is 6.74. The minimum absolute atomic E-state index is 0.0608. The van der Waals surface area contributed by atoms with E-state index in [4.69, 9.17) is 18.3 Å². The minimum Gasteiger partial charge on any atom is -0.467 e. The molecule has 2 aliphatic rings. The molecular formula is C35H59N3O8Si2. The maximum absolute atomic E-state index is 14.7. The Kier molecular flexibility index (Phi) is 12.4. The number of carbonyl (C=O) groups is 4. The van der Waals surface area contributed by atoms with Crippen LogP contribution in [0.15, 0.2) is 30.3 Å². The first-order valence-electron chi connectivity index (χ1n) is 17.0. The molecule has 6 atom stereocenters. The van der Waals surface area contributed by atoms with E-state index in [2.05, 4.69) is 73.0 Å². The largest absolute Gasteiger partial charge is 0.467 e. The number of nitrogens with zero attached hydrogens (tertiary/aromatic N) is 2. The van der Waals surface area contributed by atoms with E-state index in [0.29, 0.717) is 0 Å². The van der Waals surface area contributed by atoms with Gasteiger partial charge in [0, 0.05) is 24.9 Å². The molecule has 270 valence electrons. The zero-order valence-electron chi connectivity index (χ0n) is 31.3. The molecule has 0 unspecified atom stereocenters. The molecule has 1 aromatic rings. The maximum atomic E-state index is 14.7. The highest BCUT2D eigenvalue weighted by atomic mass is 28.4. The number of ether oxygens (including phenoxy) is 2. The standard InChI is InChI=1S/C35H59N3O8Si2/c1-23-26(45-47(10,11)34(3,4)5)20-37(28(39)19-36-33(42)44-22-25-17-15-14-16-18-25)29(23)31(40)38-21-27(24(2)30(38)32(41)43-9)46-48(12,13)35(6,7)8/h14-18,23-24,26-27,29-30H,19-22H2,1-13H3,(H,36,42)/t23-,24-,26-,27-,29-,30-/m0/s1. The molecule has 0 aliphatic carbocycles. The number of rotatable bonds is 10. The molecule has 2 fully saturated rings. The molecule has 2 heterocycles. The molecule has 11 nitrogen and oxygen atoms in total. The number of benzene rings is 1. The molecule has 0 bridgehead atoms. The van der Waals surface area contributed by atoms with Crippen LogP contribution in [0.2, 0.25) is 36.3 Å². The molecule has 0 spiro atoms. The predicted octanol–water partition coefficient (Wildman–Crippen LogP) is 5.56. The van der Waals surface area contributed by atoms with Gasteiger partial charge < -0.3 is 33.4 Å². The molecule has 13 heteroatoms. The van der Waals surface area contributed by atoms with Gasteiger partial charge in [-0.1, -0.05) is 85.7 Å². The lowest BCUT2D eigenvalue weighted by molar-refractivity contribution is -0.155. The molecule has 0 saturated carbocycles. The summed E-state index contributed by atoms with van der Waals surface area (Å²) < 4.78 is 24.1. The molecular weight excluding hydrogens is 647 g/mol. The van der Waals surface area contributed by atoms with Gasteiger partial charge in [-0.2, -0.15) is 0 Å². The zero-order valence-corrected chi connectivity index (χ0v) is 33.3. The second-order valence-electron chi connectivity index (χ2n) is 16.4. The van der Waals surface area contributed by atoms with Crippen molar-refractivity contribution < 1.29 is 37.5 Å². The van der Waals surface area contributed by atoms with E-state index < -0.39 is 52.8 Å². The van der Waals surface area contributed by atoms with Gasteiger partial charge in [-0.05, 0) is 41.8 Å². The molecule has 1 N–H and O–H groups in total. The van der Waals surface area contributed by atoms with E-state index in [1.807, 2.05) is 44.2 Å². The van der Waals surface area contributed by atoms with Crippen LogP contribution in [0.25, 0.3) is 0 Å². The van der Waals surface area contributed by atoms with Crippen LogP contribution >= 0.6 is 0 Å². The van der Waals surface area contributed by atoms with Crippen molar-refractivity contribution in [2.24, 2.45) is 11.8 Å². The zero-order chi connectivity index (χ0) is 36.4. The average Bonchev–Trinajstić information content (AvgIpc) is 3.48. The third kappa shape index (κ3) is 8.88. The van der Waals surface area contributed by atoms with Crippen molar-refractivity contribution >= 4 is 40.5 Å². The van der Waals surface area contributed by atoms with Gasteiger partial charge in [0.25, 0.3) is 0 Å². The van der Waals surface area contributed by atoms with Crippen LogP contribution < -0.4 is 5.32 Å². The highest BCUT2D eigenvalue weighted by Crippen LogP contribution is 2.43. The first-order valence-corrected chi connectivity index (χ1v) is 22.8. The fourth-order valence-corrected chi connectivity index (χ4v) is 8.62. The molecule has 2 saturated heterocycles. The monoisotopic (exact) mass is 705 g/mol. The number of hydrogen-bond donors (Lipinski definition) is 1. The number of nitrogens with one attached hydrogen (secondary N) is 1. The lowest BCUT2D eigenvalue weighted by Crippen LogP contribution is -2.55. The molecule has 1 aromatic carbocycles. The van der Waals surface area contributed by atoms with Crippen molar-refractivity contribution in [2.45, 2.75) is 123 Å². The van der Waals surface area contributed by atoms with E-state index in [1.165, 1.54) is 12.0 Å². The van der Waals surface area contributed by atoms with Gasteiger partial charge in [-0.25, -0.2) is 9.59 Å². The average molecular weight is 706 g/mol. The second kappa shape index (κ2) is 15.0. The van der Waals surface area contributed by atoms with Crippen molar-refractivity contribution in [2.75, 3.05) is 26.7 Å². The summed E-state index contributed by atoms with van der Waals surface area (Å²) in [6.07, 6.45) is -1.52.